The van der Waals surface area contributed by atoms with Crippen LogP contribution in [0.1, 0.15) is 17.5 Å². The lowest BCUT2D eigenvalue weighted by molar-refractivity contribution is -0.121. The largest absolute Gasteiger partial charge is 0.378 e. The monoisotopic (exact) mass is 392 g/mol. The summed E-state index contributed by atoms with van der Waals surface area (Å²) in [5.41, 5.74) is 3.21. The molecule has 0 atom stereocenters. The molecule has 0 aliphatic carbocycles. The second-order valence-corrected chi connectivity index (χ2v) is 7.12. The first-order chi connectivity index (χ1) is 12.6. The van der Waals surface area contributed by atoms with Crippen LogP contribution in [0.4, 0.5) is 5.69 Å². The van der Waals surface area contributed by atoms with Gasteiger partial charge >= 0.3 is 0 Å². The second kappa shape index (κ2) is 9.26. The van der Waals surface area contributed by atoms with E-state index in [-0.39, 0.29) is 5.91 Å². The van der Waals surface area contributed by atoms with Gasteiger partial charge in [-0.05, 0) is 41.8 Å². The summed E-state index contributed by atoms with van der Waals surface area (Å²) >= 11 is 12.0. The fourth-order valence-electron chi connectivity index (χ4n) is 2.91. The molecule has 1 aliphatic heterocycles. The fraction of sp³-hybridized carbons (Fsp3) is 0.350. The third-order valence-electron chi connectivity index (χ3n) is 4.44. The van der Waals surface area contributed by atoms with Crippen LogP contribution in [0, 0.1) is 0 Å². The van der Waals surface area contributed by atoms with Crippen LogP contribution in [0.2, 0.25) is 10.0 Å². The Morgan fingerprint density at radius 3 is 2.50 bits per heavy atom. The minimum absolute atomic E-state index is 0.00766. The van der Waals surface area contributed by atoms with Crippen LogP contribution in [0.5, 0.6) is 0 Å². The number of benzene rings is 2. The molecule has 0 spiro atoms. The van der Waals surface area contributed by atoms with Gasteiger partial charge in [0.15, 0.2) is 0 Å². The molecule has 1 saturated heterocycles. The van der Waals surface area contributed by atoms with Crippen LogP contribution in [0.15, 0.2) is 42.5 Å². The molecule has 3 rings (SSSR count). The van der Waals surface area contributed by atoms with Crippen LogP contribution in [0.25, 0.3) is 0 Å². The Morgan fingerprint density at radius 2 is 1.81 bits per heavy atom. The topological polar surface area (TPSA) is 41.6 Å². The second-order valence-electron chi connectivity index (χ2n) is 6.28. The molecule has 0 radical (unpaired) electrons. The van der Waals surface area contributed by atoms with Crippen molar-refractivity contribution < 1.29 is 9.53 Å². The summed E-state index contributed by atoms with van der Waals surface area (Å²) in [6.07, 6.45) is 0.991. The highest BCUT2D eigenvalue weighted by molar-refractivity contribution is 6.35. The molecule has 138 valence electrons. The van der Waals surface area contributed by atoms with Crippen molar-refractivity contribution in [3.05, 3.63) is 63.6 Å². The lowest BCUT2D eigenvalue weighted by Crippen LogP contribution is -2.36. The molecule has 0 aromatic heterocycles. The molecule has 1 heterocycles. The molecule has 0 bridgehead atoms. The van der Waals surface area contributed by atoms with Gasteiger partial charge in [-0.15, -0.1) is 0 Å². The Balaban J connectivity index is 1.45. The SMILES string of the molecule is O=C(CCc1ccc(Cl)cc1Cl)NCc1ccc(N2CCOCC2)cc1. The number of anilines is 1. The van der Waals surface area contributed by atoms with Crippen molar-refractivity contribution in [3.8, 4) is 0 Å². The number of hydrogen-bond donors (Lipinski definition) is 1. The molecule has 2 aromatic carbocycles. The van der Waals surface area contributed by atoms with Gasteiger partial charge in [0.25, 0.3) is 0 Å². The van der Waals surface area contributed by atoms with E-state index >= 15 is 0 Å². The molecule has 26 heavy (non-hydrogen) atoms. The van der Waals surface area contributed by atoms with Gasteiger partial charge in [-0.2, -0.15) is 0 Å². The van der Waals surface area contributed by atoms with E-state index in [0.717, 1.165) is 37.4 Å². The average Bonchev–Trinajstić information content (AvgIpc) is 2.67. The minimum Gasteiger partial charge on any atom is -0.378 e. The maximum atomic E-state index is 12.1. The summed E-state index contributed by atoms with van der Waals surface area (Å²) < 4.78 is 5.37. The summed E-state index contributed by atoms with van der Waals surface area (Å²) in [6, 6.07) is 13.7. The van der Waals surface area contributed by atoms with Gasteiger partial charge in [0.2, 0.25) is 5.91 Å². The third-order valence-corrected chi connectivity index (χ3v) is 5.03. The molecule has 1 fully saturated rings. The summed E-state index contributed by atoms with van der Waals surface area (Å²) in [5, 5.41) is 4.16. The van der Waals surface area contributed by atoms with Crippen molar-refractivity contribution in [2.24, 2.45) is 0 Å². The lowest BCUT2D eigenvalue weighted by atomic mass is 10.1. The van der Waals surface area contributed by atoms with Crippen molar-refractivity contribution in [1.82, 2.24) is 5.32 Å². The number of rotatable bonds is 6. The van der Waals surface area contributed by atoms with Crippen molar-refractivity contribution in [2.75, 3.05) is 31.2 Å². The standard InChI is InChI=1S/C20H22Cl2N2O2/c21-17-5-3-16(19(22)13-17)4-8-20(25)23-14-15-1-6-18(7-2-15)24-9-11-26-12-10-24/h1-3,5-7,13H,4,8-12,14H2,(H,23,25). The first kappa shape index (κ1) is 19.0. The normalized spacial score (nSPS) is 14.3. The van der Waals surface area contributed by atoms with E-state index in [1.165, 1.54) is 5.69 Å². The zero-order valence-electron chi connectivity index (χ0n) is 14.5. The molecule has 0 saturated carbocycles. The van der Waals surface area contributed by atoms with Crippen LogP contribution in [-0.4, -0.2) is 32.2 Å². The maximum absolute atomic E-state index is 12.1. The summed E-state index contributed by atoms with van der Waals surface area (Å²) in [6.45, 7) is 3.91. The van der Waals surface area contributed by atoms with Crippen LogP contribution < -0.4 is 10.2 Å². The zero-order chi connectivity index (χ0) is 18.4. The summed E-state index contributed by atoms with van der Waals surface area (Å²) in [4.78, 5) is 14.4. The van der Waals surface area contributed by atoms with Gasteiger partial charge < -0.3 is 15.0 Å². The first-order valence-electron chi connectivity index (χ1n) is 8.74. The number of nitrogens with one attached hydrogen (secondary N) is 1. The average molecular weight is 393 g/mol. The maximum Gasteiger partial charge on any atom is 0.220 e. The van der Waals surface area contributed by atoms with Gasteiger partial charge in [-0.3, -0.25) is 4.79 Å². The predicted octanol–water partition coefficient (Wildman–Crippen LogP) is 4.08. The van der Waals surface area contributed by atoms with Gasteiger partial charge in [0, 0.05) is 41.8 Å². The molecule has 1 N–H and O–H groups in total. The molecule has 0 unspecified atom stereocenters. The van der Waals surface area contributed by atoms with E-state index in [0.29, 0.717) is 29.4 Å². The highest BCUT2D eigenvalue weighted by atomic mass is 35.5. The molecular formula is C20H22Cl2N2O2. The van der Waals surface area contributed by atoms with E-state index in [1.54, 1.807) is 12.1 Å². The summed E-state index contributed by atoms with van der Waals surface area (Å²) in [5.74, 6) is 0.00766. The van der Waals surface area contributed by atoms with Crippen LogP contribution in [-0.2, 0) is 22.5 Å². The van der Waals surface area contributed by atoms with Gasteiger partial charge in [0.1, 0.15) is 0 Å². The highest BCUT2D eigenvalue weighted by Gasteiger charge is 2.11. The van der Waals surface area contributed by atoms with E-state index in [1.807, 2.05) is 6.07 Å². The lowest BCUT2D eigenvalue weighted by Gasteiger charge is -2.28. The van der Waals surface area contributed by atoms with E-state index < -0.39 is 0 Å². The quantitative estimate of drug-likeness (QED) is 0.804. The smallest absolute Gasteiger partial charge is 0.220 e. The van der Waals surface area contributed by atoms with Crippen molar-refractivity contribution >= 4 is 34.8 Å². The Kier molecular flexibility index (Phi) is 6.78. The van der Waals surface area contributed by atoms with Gasteiger partial charge in [-0.1, -0.05) is 41.4 Å². The number of halogens is 2. The Morgan fingerprint density at radius 1 is 1.08 bits per heavy atom. The van der Waals surface area contributed by atoms with E-state index in [4.69, 9.17) is 27.9 Å². The zero-order valence-corrected chi connectivity index (χ0v) is 16.0. The van der Waals surface area contributed by atoms with Crippen molar-refractivity contribution in [2.45, 2.75) is 19.4 Å². The fourth-order valence-corrected chi connectivity index (χ4v) is 3.41. The number of carbonyl (C=O) groups excluding carboxylic acids is 1. The number of ether oxygens (including phenoxy) is 1. The minimum atomic E-state index is 0.00766. The summed E-state index contributed by atoms with van der Waals surface area (Å²) in [7, 11) is 0. The van der Waals surface area contributed by atoms with Gasteiger partial charge in [-0.25, -0.2) is 0 Å². The molecule has 2 aromatic rings. The number of morpholine rings is 1. The first-order valence-corrected chi connectivity index (χ1v) is 9.50. The molecule has 4 nitrogen and oxygen atoms in total. The van der Waals surface area contributed by atoms with E-state index in [9.17, 15) is 4.79 Å². The molecule has 6 heteroatoms. The number of carbonyl (C=O) groups is 1. The van der Waals surface area contributed by atoms with Crippen LogP contribution >= 0.6 is 23.2 Å². The highest BCUT2D eigenvalue weighted by Crippen LogP contribution is 2.22. The third kappa shape index (κ3) is 5.37. The Hall–Kier alpha value is -1.75. The van der Waals surface area contributed by atoms with Crippen molar-refractivity contribution in [1.29, 1.82) is 0 Å². The van der Waals surface area contributed by atoms with Crippen LogP contribution in [0.3, 0.4) is 0 Å². The number of amides is 1. The van der Waals surface area contributed by atoms with Gasteiger partial charge in [0.05, 0.1) is 13.2 Å². The predicted molar refractivity (Wildman–Crippen MR) is 106 cm³/mol. The Bertz CT molecular complexity index is 744. The molecular weight excluding hydrogens is 371 g/mol. The molecule has 1 amide bonds. The van der Waals surface area contributed by atoms with Crippen molar-refractivity contribution in [3.63, 3.8) is 0 Å². The van der Waals surface area contributed by atoms with E-state index in [2.05, 4.69) is 34.5 Å². The number of hydrogen-bond acceptors (Lipinski definition) is 3. The number of nitrogens with zero attached hydrogens (tertiary/aromatic N) is 1. The molecule has 1 aliphatic rings. The Labute approximate surface area is 164 Å². The number of aryl methyl sites for hydroxylation is 1.